The van der Waals surface area contributed by atoms with Gasteiger partial charge in [-0.25, -0.2) is 0 Å². The summed E-state index contributed by atoms with van der Waals surface area (Å²) >= 11 is 0. The molecule has 1 amide bonds. The maximum absolute atomic E-state index is 11.4. The highest BCUT2D eigenvalue weighted by Gasteiger charge is 2.09. The largest absolute Gasteiger partial charge is 0.352 e. The molecule has 0 heterocycles. The molecule has 0 aromatic heterocycles. The van der Waals surface area contributed by atoms with Crippen LogP contribution in [0.2, 0.25) is 0 Å². The van der Waals surface area contributed by atoms with E-state index in [1.807, 2.05) is 6.08 Å². The van der Waals surface area contributed by atoms with Gasteiger partial charge in [0.1, 0.15) is 0 Å². The molecule has 3 heteroatoms. The number of carbonyl (C=O) groups excluding carboxylic acids is 1. The zero-order valence-corrected chi connectivity index (χ0v) is 9.80. The van der Waals surface area contributed by atoms with Crippen molar-refractivity contribution in [3.63, 3.8) is 0 Å². The molecule has 15 heavy (non-hydrogen) atoms. The number of amides is 1. The van der Waals surface area contributed by atoms with Gasteiger partial charge in [-0.05, 0) is 19.3 Å². The number of hydrogen-bond donors (Lipinski definition) is 2. The Hall–Kier alpha value is -0.830. The molecule has 0 rings (SSSR count). The summed E-state index contributed by atoms with van der Waals surface area (Å²) in [6, 6.07) is 0.154. The minimum atomic E-state index is 0.114. The molecule has 0 aromatic rings. The van der Waals surface area contributed by atoms with Gasteiger partial charge < -0.3 is 11.1 Å². The van der Waals surface area contributed by atoms with E-state index >= 15 is 0 Å². The molecule has 0 saturated heterocycles. The Morgan fingerprint density at radius 2 is 2.27 bits per heavy atom. The lowest BCUT2D eigenvalue weighted by atomic mass is 10.1. The molecule has 0 aliphatic rings. The molecule has 1 atom stereocenters. The van der Waals surface area contributed by atoms with E-state index in [9.17, 15) is 4.79 Å². The summed E-state index contributed by atoms with van der Waals surface area (Å²) in [5.74, 6) is 0.114. The zero-order chi connectivity index (χ0) is 11.5. The number of nitrogens with one attached hydrogen (secondary N) is 1. The molecule has 0 spiro atoms. The van der Waals surface area contributed by atoms with Gasteiger partial charge in [-0.3, -0.25) is 4.79 Å². The van der Waals surface area contributed by atoms with Crippen LogP contribution in [-0.4, -0.2) is 18.5 Å². The second kappa shape index (κ2) is 9.71. The average molecular weight is 212 g/mol. The summed E-state index contributed by atoms with van der Waals surface area (Å²) in [6.45, 7) is 6.30. The van der Waals surface area contributed by atoms with Crippen LogP contribution in [0.1, 0.15) is 45.4 Å². The van der Waals surface area contributed by atoms with Gasteiger partial charge in [0.2, 0.25) is 5.91 Å². The first kappa shape index (κ1) is 14.2. The lowest BCUT2D eigenvalue weighted by Gasteiger charge is -2.16. The van der Waals surface area contributed by atoms with Crippen LogP contribution in [0.4, 0.5) is 0 Å². The van der Waals surface area contributed by atoms with Gasteiger partial charge in [-0.15, -0.1) is 6.58 Å². The second-order valence-electron chi connectivity index (χ2n) is 3.82. The van der Waals surface area contributed by atoms with Crippen LogP contribution in [0.5, 0.6) is 0 Å². The molecule has 0 radical (unpaired) electrons. The molecule has 0 saturated carbocycles. The molecule has 0 aliphatic heterocycles. The molecule has 0 fully saturated rings. The third kappa shape index (κ3) is 8.18. The fourth-order valence-electron chi connectivity index (χ4n) is 1.41. The van der Waals surface area contributed by atoms with Gasteiger partial charge in [0.15, 0.2) is 0 Å². The van der Waals surface area contributed by atoms with Crippen molar-refractivity contribution in [2.75, 3.05) is 6.54 Å². The van der Waals surface area contributed by atoms with Crippen molar-refractivity contribution >= 4 is 5.91 Å². The van der Waals surface area contributed by atoms with Crippen LogP contribution >= 0.6 is 0 Å². The fraction of sp³-hybridized carbons (Fsp3) is 0.750. The molecular formula is C12H24N2O. The van der Waals surface area contributed by atoms with Gasteiger partial charge in [0.05, 0.1) is 0 Å². The van der Waals surface area contributed by atoms with Crippen molar-refractivity contribution in [2.24, 2.45) is 5.73 Å². The first-order valence-corrected chi connectivity index (χ1v) is 5.84. The number of nitrogens with two attached hydrogens (primary N) is 1. The summed E-state index contributed by atoms with van der Waals surface area (Å²) < 4.78 is 0. The van der Waals surface area contributed by atoms with E-state index in [0.29, 0.717) is 13.0 Å². The van der Waals surface area contributed by atoms with Crippen molar-refractivity contribution in [3.05, 3.63) is 12.7 Å². The summed E-state index contributed by atoms with van der Waals surface area (Å²) in [6.07, 6.45) is 7.44. The van der Waals surface area contributed by atoms with Gasteiger partial charge in [-0.2, -0.15) is 0 Å². The van der Waals surface area contributed by atoms with Crippen molar-refractivity contribution in [3.8, 4) is 0 Å². The lowest BCUT2D eigenvalue weighted by molar-refractivity contribution is -0.121. The van der Waals surface area contributed by atoms with Crippen molar-refractivity contribution in [1.82, 2.24) is 5.32 Å². The van der Waals surface area contributed by atoms with E-state index < -0.39 is 0 Å². The lowest BCUT2D eigenvalue weighted by Crippen LogP contribution is -2.40. The normalized spacial score (nSPS) is 12.1. The van der Waals surface area contributed by atoms with Crippen LogP contribution in [0.25, 0.3) is 0 Å². The molecule has 88 valence electrons. The summed E-state index contributed by atoms with van der Waals surface area (Å²) in [4.78, 5) is 11.4. The van der Waals surface area contributed by atoms with Crippen LogP contribution in [0.15, 0.2) is 12.7 Å². The van der Waals surface area contributed by atoms with E-state index in [1.54, 1.807) is 0 Å². The standard InChI is InChI=1S/C12H24N2O/c1-3-5-7-9-12(15)14-11(10-13)8-6-4-2/h3,11H,1,4-10,13H2,2H3,(H,14,15). The van der Waals surface area contributed by atoms with Crippen LogP contribution in [-0.2, 0) is 4.79 Å². The summed E-state index contributed by atoms with van der Waals surface area (Å²) in [7, 11) is 0. The minimum Gasteiger partial charge on any atom is -0.352 e. The molecule has 3 N–H and O–H groups in total. The predicted molar refractivity (Wildman–Crippen MR) is 64.6 cm³/mol. The van der Waals surface area contributed by atoms with E-state index in [1.165, 1.54) is 0 Å². The van der Waals surface area contributed by atoms with Crippen molar-refractivity contribution in [2.45, 2.75) is 51.5 Å². The smallest absolute Gasteiger partial charge is 0.220 e. The van der Waals surface area contributed by atoms with E-state index in [4.69, 9.17) is 5.73 Å². The minimum absolute atomic E-state index is 0.114. The Morgan fingerprint density at radius 3 is 2.80 bits per heavy atom. The predicted octanol–water partition coefficient (Wildman–Crippen LogP) is 1.98. The molecule has 0 bridgehead atoms. The third-order valence-corrected chi connectivity index (χ3v) is 2.37. The summed E-state index contributed by atoms with van der Waals surface area (Å²) in [5, 5.41) is 2.96. The SMILES string of the molecule is C=CCCCC(=O)NC(CN)CCCC. The fourth-order valence-corrected chi connectivity index (χ4v) is 1.41. The quantitative estimate of drug-likeness (QED) is 0.453. The molecular weight excluding hydrogens is 188 g/mol. The Labute approximate surface area is 93.1 Å². The monoisotopic (exact) mass is 212 g/mol. The van der Waals surface area contributed by atoms with Crippen molar-refractivity contribution < 1.29 is 4.79 Å². The van der Waals surface area contributed by atoms with Gasteiger partial charge in [0, 0.05) is 19.0 Å². The molecule has 3 nitrogen and oxygen atoms in total. The third-order valence-electron chi connectivity index (χ3n) is 2.37. The number of hydrogen-bond acceptors (Lipinski definition) is 2. The molecule has 0 aromatic carbocycles. The molecule has 1 unspecified atom stereocenters. The van der Waals surface area contributed by atoms with Crippen LogP contribution in [0.3, 0.4) is 0 Å². The highest BCUT2D eigenvalue weighted by atomic mass is 16.1. The Kier molecular flexibility index (Phi) is 9.18. The Bertz CT molecular complexity index is 180. The van der Waals surface area contributed by atoms with Gasteiger partial charge in [0.25, 0.3) is 0 Å². The Balaban J connectivity index is 3.64. The van der Waals surface area contributed by atoms with E-state index in [0.717, 1.165) is 32.1 Å². The topological polar surface area (TPSA) is 55.1 Å². The number of carbonyl (C=O) groups is 1. The average Bonchev–Trinajstić information content (AvgIpc) is 2.24. The van der Waals surface area contributed by atoms with Crippen molar-refractivity contribution in [1.29, 1.82) is 0 Å². The van der Waals surface area contributed by atoms with Gasteiger partial charge >= 0.3 is 0 Å². The summed E-state index contributed by atoms with van der Waals surface area (Å²) in [5.41, 5.74) is 5.59. The Morgan fingerprint density at radius 1 is 1.53 bits per heavy atom. The molecule has 0 aliphatic carbocycles. The number of unbranched alkanes of at least 4 members (excludes halogenated alkanes) is 2. The number of rotatable bonds is 9. The van der Waals surface area contributed by atoms with Gasteiger partial charge in [-0.1, -0.05) is 25.8 Å². The van der Waals surface area contributed by atoms with E-state index in [-0.39, 0.29) is 11.9 Å². The van der Waals surface area contributed by atoms with Crippen LogP contribution < -0.4 is 11.1 Å². The maximum atomic E-state index is 11.4. The van der Waals surface area contributed by atoms with Crippen LogP contribution in [0, 0.1) is 0 Å². The zero-order valence-electron chi connectivity index (χ0n) is 9.80. The highest BCUT2D eigenvalue weighted by Crippen LogP contribution is 2.01. The second-order valence-corrected chi connectivity index (χ2v) is 3.82. The first-order valence-electron chi connectivity index (χ1n) is 5.84. The maximum Gasteiger partial charge on any atom is 0.220 e. The highest BCUT2D eigenvalue weighted by molar-refractivity contribution is 5.76. The van der Waals surface area contributed by atoms with E-state index in [2.05, 4.69) is 18.8 Å². The number of allylic oxidation sites excluding steroid dienone is 1. The first-order chi connectivity index (χ1) is 7.24.